The van der Waals surface area contributed by atoms with Gasteiger partial charge in [0.15, 0.2) is 18.9 Å². The van der Waals surface area contributed by atoms with Crippen molar-refractivity contribution in [3.8, 4) is 0 Å². The second-order valence-corrected chi connectivity index (χ2v) is 22.9. The van der Waals surface area contributed by atoms with Crippen LogP contribution in [0, 0.1) is 0 Å². The van der Waals surface area contributed by atoms with Gasteiger partial charge in [-0.15, -0.1) is 0 Å². The van der Waals surface area contributed by atoms with Crippen LogP contribution in [0.15, 0.2) is 12.2 Å². The maximum absolute atomic E-state index is 13.3. The first kappa shape index (κ1) is 71.8. The standard InChI is InChI=1S/C60H113NO18/c1-3-5-7-9-11-13-15-17-18-19-20-21-22-23-24-26-28-30-32-34-36-38-48(66)61-43(44(65)37-35-33-31-29-27-25-16-14-12-10-8-6-4-2)42-74-58-54(72)51(69)56(46(40-63)76-58)79-60-55(73)52(70)57(47(41-64)77-60)78-59-53(71)50(68)49(67)45(39-62)75-59/h35,37,43-47,49-60,62-65,67-73H,3-34,36,38-42H2,1-2H3,(H,61,66)/b37-35+/t43-,44+,45-,46-,47-,49+,50+,51-,52-,53-,54-,55-,56-,57+,58-,59+,60+/m1/s1. The molecule has 0 aromatic carbocycles. The van der Waals surface area contributed by atoms with Gasteiger partial charge in [-0.25, -0.2) is 0 Å². The fourth-order valence-corrected chi connectivity index (χ4v) is 10.9. The molecule has 3 heterocycles. The Morgan fingerprint density at radius 1 is 0.443 bits per heavy atom. The summed E-state index contributed by atoms with van der Waals surface area (Å²) in [6.07, 6.45) is 17.7. The number of rotatable bonds is 47. The predicted molar refractivity (Wildman–Crippen MR) is 300 cm³/mol. The summed E-state index contributed by atoms with van der Waals surface area (Å²) >= 11 is 0. The summed E-state index contributed by atoms with van der Waals surface area (Å²) in [6, 6.07) is -0.966. The summed E-state index contributed by atoms with van der Waals surface area (Å²) in [5.74, 6) is -0.272. The highest BCUT2D eigenvalue weighted by Gasteiger charge is 2.53. The maximum atomic E-state index is 13.3. The molecule has 3 aliphatic heterocycles. The molecule has 17 atom stereocenters. The van der Waals surface area contributed by atoms with Gasteiger partial charge in [0.1, 0.15) is 73.2 Å². The van der Waals surface area contributed by atoms with Gasteiger partial charge >= 0.3 is 0 Å². The highest BCUT2D eigenvalue weighted by atomic mass is 16.8. The van der Waals surface area contributed by atoms with E-state index in [-0.39, 0.29) is 18.9 Å². The second kappa shape index (κ2) is 44.1. The molecule has 0 unspecified atom stereocenters. The van der Waals surface area contributed by atoms with E-state index < -0.39 is 124 Å². The third-order valence-electron chi connectivity index (χ3n) is 16.1. The third kappa shape index (κ3) is 27.9. The maximum Gasteiger partial charge on any atom is 0.220 e. The topological polar surface area (TPSA) is 307 Å². The van der Waals surface area contributed by atoms with Crippen molar-refractivity contribution in [2.45, 2.75) is 336 Å². The van der Waals surface area contributed by atoms with Crippen molar-refractivity contribution in [1.29, 1.82) is 0 Å². The van der Waals surface area contributed by atoms with E-state index in [0.29, 0.717) is 6.42 Å². The molecule has 3 aliphatic rings. The highest BCUT2D eigenvalue weighted by molar-refractivity contribution is 5.76. The van der Waals surface area contributed by atoms with Crippen molar-refractivity contribution in [3.05, 3.63) is 12.2 Å². The van der Waals surface area contributed by atoms with Gasteiger partial charge in [0.25, 0.3) is 0 Å². The first-order valence-electron chi connectivity index (χ1n) is 31.4. The number of unbranched alkanes of at least 4 members (excludes halogenated alkanes) is 31. The Morgan fingerprint density at radius 3 is 1.19 bits per heavy atom. The minimum Gasteiger partial charge on any atom is -0.394 e. The molecule has 0 saturated carbocycles. The first-order chi connectivity index (χ1) is 38.3. The molecule has 0 aromatic heterocycles. The molecular formula is C60H113NO18. The summed E-state index contributed by atoms with van der Waals surface area (Å²) in [4.78, 5) is 13.3. The Hall–Kier alpha value is -1.47. The molecule has 0 aromatic rings. The molecule has 19 nitrogen and oxygen atoms in total. The monoisotopic (exact) mass is 1140 g/mol. The number of carbonyl (C=O) groups is 1. The lowest BCUT2D eigenvalue weighted by atomic mass is 9.96. The molecule has 466 valence electrons. The lowest BCUT2D eigenvalue weighted by Gasteiger charge is -2.48. The molecule has 1 amide bonds. The summed E-state index contributed by atoms with van der Waals surface area (Å²) in [6.45, 7) is 1.74. The van der Waals surface area contributed by atoms with Gasteiger partial charge in [-0.3, -0.25) is 4.79 Å². The van der Waals surface area contributed by atoms with Gasteiger partial charge in [0.05, 0.1) is 38.6 Å². The Labute approximate surface area is 474 Å². The van der Waals surface area contributed by atoms with E-state index in [9.17, 15) is 61.0 Å². The average Bonchev–Trinajstić information content (AvgIpc) is 3.56. The number of ether oxygens (including phenoxy) is 6. The van der Waals surface area contributed by atoms with E-state index in [0.717, 1.165) is 44.9 Å². The molecular weight excluding hydrogens is 1020 g/mol. The predicted octanol–water partition coefficient (Wildman–Crippen LogP) is 6.16. The number of aliphatic hydroxyl groups excluding tert-OH is 11. The normalized spacial score (nSPS) is 30.3. The van der Waals surface area contributed by atoms with Gasteiger partial charge in [-0.1, -0.05) is 219 Å². The smallest absolute Gasteiger partial charge is 0.220 e. The number of aliphatic hydroxyl groups is 11. The van der Waals surface area contributed by atoms with Gasteiger partial charge in [0, 0.05) is 6.42 Å². The van der Waals surface area contributed by atoms with Crippen LogP contribution in [0.4, 0.5) is 0 Å². The largest absolute Gasteiger partial charge is 0.394 e. The number of allylic oxidation sites excluding steroid dienone is 1. The number of hydrogen-bond acceptors (Lipinski definition) is 18. The molecule has 3 rings (SSSR count). The van der Waals surface area contributed by atoms with Crippen LogP contribution in [0.25, 0.3) is 0 Å². The van der Waals surface area contributed by atoms with Gasteiger partial charge in [-0.05, 0) is 19.3 Å². The zero-order chi connectivity index (χ0) is 57.6. The van der Waals surface area contributed by atoms with Gasteiger partial charge in [-0.2, -0.15) is 0 Å². The van der Waals surface area contributed by atoms with Crippen LogP contribution < -0.4 is 5.32 Å². The Bertz CT molecular complexity index is 1500. The van der Waals surface area contributed by atoms with Crippen molar-refractivity contribution < 1.29 is 89.4 Å². The van der Waals surface area contributed by atoms with Crippen LogP contribution in [0.5, 0.6) is 0 Å². The van der Waals surface area contributed by atoms with Crippen molar-refractivity contribution >= 4 is 5.91 Å². The lowest BCUT2D eigenvalue weighted by Crippen LogP contribution is -2.66. The van der Waals surface area contributed by atoms with E-state index >= 15 is 0 Å². The van der Waals surface area contributed by atoms with Crippen LogP contribution in [-0.4, -0.2) is 193 Å². The third-order valence-corrected chi connectivity index (χ3v) is 16.1. The minimum atomic E-state index is -1.97. The number of hydrogen-bond donors (Lipinski definition) is 12. The number of nitrogens with one attached hydrogen (secondary N) is 1. The summed E-state index contributed by atoms with van der Waals surface area (Å²) in [5, 5.41) is 120. The Morgan fingerprint density at radius 2 is 0.785 bits per heavy atom. The second-order valence-electron chi connectivity index (χ2n) is 22.9. The van der Waals surface area contributed by atoms with E-state index in [1.165, 1.54) is 161 Å². The SMILES string of the molecule is CCCCCCCCCCCCC/C=C/[C@H](O)[C@@H](CO[C@@H]1O[C@H](CO)[C@@H](O[C@@H]2O[C@H](CO)[C@H](O[C@@H]3O[C@H](CO)[C@H](O)[C@H](O)[C@H]3O)[C@H](O)[C@H]2O)[C@H](O)[C@H]1O)NC(=O)CCCCCCCCCCCCCCCCCCCCCCC. The molecule has 12 N–H and O–H groups in total. The molecule has 79 heavy (non-hydrogen) atoms. The summed E-state index contributed by atoms with van der Waals surface area (Å²) in [7, 11) is 0. The van der Waals surface area contributed by atoms with Gasteiger partial charge in [0.2, 0.25) is 5.91 Å². The Balaban J connectivity index is 1.47. The van der Waals surface area contributed by atoms with E-state index in [1.54, 1.807) is 6.08 Å². The van der Waals surface area contributed by atoms with Gasteiger partial charge < -0.3 is 89.9 Å². The molecule has 3 saturated heterocycles. The van der Waals surface area contributed by atoms with Crippen LogP contribution >= 0.6 is 0 Å². The van der Waals surface area contributed by atoms with Crippen molar-refractivity contribution in [2.24, 2.45) is 0 Å². The molecule has 0 radical (unpaired) electrons. The fraction of sp³-hybridized carbons (Fsp3) is 0.950. The van der Waals surface area contributed by atoms with Crippen molar-refractivity contribution in [1.82, 2.24) is 5.32 Å². The first-order valence-corrected chi connectivity index (χ1v) is 31.4. The molecule has 0 bridgehead atoms. The summed E-state index contributed by atoms with van der Waals surface area (Å²) < 4.78 is 34.3. The van der Waals surface area contributed by atoms with Crippen LogP contribution in [0.3, 0.4) is 0 Å². The van der Waals surface area contributed by atoms with E-state index in [2.05, 4.69) is 19.2 Å². The molecule has 19 heteroatoms. The van der Waals surface area contributed by atoms with Crippen molar-refractivity contribution in [3.63, 3.8) is 0 Å². The average molecular weight is 1140 g/mol. The van der Waals surface area contributed by atoms with E-state index in [1.807, 2.05) is 6.08 Å². The fourth-order valence-electron chi connectivity index (χ4n) is 10.9. The zero-order valence-electron chi connectivity index (χ0n) is 48.6. The Kier molecular flexibility index (Phi) is 40.1. The number of carbonyl (C=O) groups excluding carboxylic acids is 1. The quantitative estimate of drug-likeness (QED) is 0.0240. The zero-order valence-corrected chi connectivity index (χ0v) is 48.6. The van der Waals surface area contributed by atoms with E-state index in [4.69, 9.17) is 28.4 Å². The van der Waals surface area contributed by atoms with Crippen LogP contribution in [0.1, 0.15) is 232 Å². The highest BCUT2D eigenvalue weighted by Crippen LogP contribution is 2.33. The van der Waals surface area contributed by atoms with Crippen molar-refractivity contribution in [2.75, 3.05) is 26.4 Å². The summed E-state index contributed by atoms with van der Waals surface area (Å²) in [5.41, 5.74) is 0. The van der Waals surface area contributed by atoms with Crippen LogP contribution in [0.2, 0.25) is 0 Å². The number of amides is 1. The minimum absolute atomic E-state index is 0.249. The molecule has 0 spiro atoms. The molecule has 0 aliphatic carbocycles. The lowest BCUT2D eigenvalue weighted by molar-refractivity contribution is -0.379. The molecule has 3 fully saturated rings. The van der Waals surface area contributed by atoms with Crippen LogP contribution in [-0.2, 0) is 33.2 Å².